The van der Waals surface area contributed by atoms with E-state index in [1.807, 2.05) is 0 Å². The Kier molecular flexibility index (Phi) is 8.64. The van der Waals surface area contributed by atoms with Gasteiger partial charge in [-0.15, -0.1) is 0 Å². The monoisotopic (exact) mass is 620 g/mol. The number of hydrogen-bond donors (Lipinski definition) is 1. The van der Waals surface area contributed by atoms with Gasteiger partial charge in [-0.1, -0.05) is 27.2 Å². The van der Waals surface area contributed by atoms with Crippen molar-refractivity contribution in [2.75, 3.05) is 0 Å². The van der Waals surface area contributed by atoms with Crippen LogP contribution in [0.3, 0.4) is 0 Å². The molecule has 248 valence electrons. The Labute approximate surface area is 261 Å². The average molecular weight is 621 g/mol. The third-order valence-corrected chi connectivity index (χ3v) is 13.2. The lowest BCUT2D eigenvalue weighted by atomic mass is 9.42. The van der Waals surface area contributed by atoms with Crippen molar-refractivity contribution < 1.29 is 48.5 Å². The molecule has 0 radical (unpaired) electrons. The number of hydrogen-bond acceptors (Lipinski definition) is 9. The molecule has 6 fully saturated rings. The SMILES string of the molecule is CC(=O)O[C@H]1CC2C(C3CC[C@H](C(C)CCC(=O)O)[C@]31C)[C@H](OC(C)=O)C[C@@H]1CC3(CC[C@]21C)OOC1(CCCCC1)OO3. The third-order valence-electron chi connectivity index (χ3n) is 13.2. The molecule has 10 heteroatoms. The molecule has 4 unspecified atom stereocenters. The van der Waals surface area contributed by atoms with Gasteiger partial charge in [0.2, 0.25) is 11.6 Å². The quantitative estimate of drug-likeness (QED) is 0.260. The van der Waals surface area contributed by atoms with E-state index in [1.165, 1.54) is 13.8 Å². The summed E-state index contributed by atoms with van der Waals surface area (Å²) in [6.07, 6.45) is 10.1. The highest BCUT2D eigenvalue weighted by atomic mass is 17.4. The number of ether oxygens (including phenoxy) is 2. The van der Waals surface area contributed by atoms with E-state index in [9.17, 15) is 19.5 Å². The maximum Gasteiger partial charge on any atom is 0.303 e. The molecule has 1 heterocycles. The number of carboxylic acids is 1. The molecular formula is C34H52O10. The zero-order chi connectivity index (χ0) is 31.5. The normalized spacial score (nSPS) is 42.9. The molecule has 0 bridgehead atoms. The molecule has 10 atom stereocenters. The van der Waals surface area contributed by atoms with Gasteiger partial charge in [0, 0.05) is 57.3 Å². The van der Waals surface area contributed by atoms with Gasteiger partial charge in [-0.3, -0.25) is 14.4 Å². The van der Waals surface area contributed by atoms with Crippen LogP contribution in [0.25, 0.3) is 0 Å². The average Bonchev–Trinajstić information content (AvgIpc) is 3.33. The van der Waals surface area contributed by atoms with E-state index in [0.717, 1.165) is 51.4 Å². The molecule has 1 saturated heterocycles. The molecule has 0 aromatic heterocycles. The maximum absolute atomic E-state index is 12.6. The Morgan fingerprint density at radius 1 is 0.841 bits per heavy atom. The minimum Gasteiger partial charge on any atom is -0.481 e. The van der Waals surface area contributed by atoms with Crippen molar-refractivity contribution in [2.45, 2.75) is 148 Å². The molecule has 5 aliphatic carbocycles. The van der Waals surface area contributed by atoms with Crippen molar-refractivity contribution >= 4 is 17.9 Å². The molecule has 1 aliphatic heterocycles. The Morgan fingerprint density at radius 3 is 2.14 bits per heavy atom. The molecule has 44 heavy (non-hydrogen) atoms. The summed E-state index contributed by atoms with van der Waals surface area (Å²) < 4.78 is 12.4. The van der Waals surface area contributed by atoms with Crippen molar-refractivity contribution in [1.82, 2.24) is 0 Å². The third kappa shape index (κ3) is 5.49. The first-order chi connectivity index (χ1) is 20.8. The van der Waals surface area contributed by atoms with Crippen LogP contribution < -0.4 is 0 Å². The minimum atomic E-state index is -1.00. The van der Waals surface area contributed by atoms with E-state index in [1.54, 1.807) is 0 Å². The Balaban J connectivity index is 1.29. The first-order valence-electron chi connectivity index (χ1n) is 17.1. The second kappa shape index (κ2) is 11.8. The lowest BCUT2D eigenvalue weighted by molar-refractivity contribution is -0.665. The highest BCUT2D eigenvalue weighted by Crippen LogP contribution is 2.70. The van der Waals surface area contributed by atoms with Crippen LogP contribution in [0.5, 0.6) is 0 Å². The van der Waals surface area contributed by atoms with E-state index in [0.29, 0.717) is 32.1 Å². The molecular weight excluding hydrogens is 568 g/mol. The molecule has 1 N–H and O–H groups in total. The summed E-state index contributed by atoms with van der Waals surface area (Å²) in [6.45, 7) is 9.72. The van der Waals surface area contributed by atoms with E-state index in [-0.39, 0.29) is 76.9 Å². The smallest absolute Gasteiger partial charge is 0.303 e. The van der Waals surface area contributed by atoms with Crippen LogP contribution in [0, 0.1) is 46.3 Å². The number of carbonyl (C=O) groups excluding carboxylic acids is 2. The first-order valence-corrected chi connectivity index (χ1v) is 17.1. The van der Waals surface area contributed by atoms with Crippen molar-refractivity contribution in [3.8, 4) is 0 Å². The fraction of sp³-hybridized carbons (Fsp3) is 0.912. The first kappa shape index (κ1) is 32.2. The number of carboxylic acid groups (broad SMARTS) is 1. The highest BCUT2D eigenvalue weighted by Gasteiger charge is 2.69. The lowest BCUT2D eigenvalue weighted by Crippen LogP contribution is -2.65. The number of aliphatic carboxylic acids is 1. The summed E-state index contributed by atoms with van der Waals surface area (Å²) in [5.74, 6) is -2.24. The summed E-state index contributed by atoms with van der Waals surface area (Å²) in [7, 11) is 0. The Hall–Kier alpha value is -1.75. The van der Waals surface area contributed by atoms with Gasteiger partial charge in [-0.05, 0) is 86.4 Å². The van der Waals surface area contributed by atoms with Gasteiger partial charge in [0.1, 0.15) is 12.2 Å². The van der Waals surface area contributed by atoms with Gasteiger partial charge in [-0.2, -0.15) is 19.6 Å². The lowest BCUT2D eigenvalue weighted by Gasteiger charge is -2.65. The Bertz CT molecular complexity index is 1110. The van der Waals surface area contributed by atoms with Gasteiger partial charge in [-0.25, -0.2) is 0 Å². The zero-order valence-electron chi connectivity index (χ0n) is 27.1. The van der Waals surface area contributed by atoms with Crippen LogP contribution in [0.2, 0.25) is 0 Å². The van der Waals surface area contributed by atoms with E-state index in [2.05, 4.69) is 20.8 Å². The van der Waals surface area contributed by atoms with Gasteiger partial charge in [0.15, 0.2) is 0 Å². The predicted molar refractivity (Wildman–Crippen MR) is 156 cm³/mol. The van der Waals surface area contributed by atoms with Crippen LogP contribution in [0.4, 0.5) is 0 Å². The summed E-state index contributed by atoms with van der Waals surface area (Å²) in [6, 6.07) is 0. The number of carbonyl (C=O) groups is 3. The standard InChI is InChI=1S/C34H52O10/c1-20(9-12-29(37)38)24-10-11-25-30-26(18-28(32(24,25)5)40-22(3)36)31(4)15-16-34(19-23(31)17-27(30)39-21(2)35)43-41-33(42-44-34)13-7-6-8-14-33/h20,23-28,30H,6-19H2,1-5H3,(H,37,38)/t20?,23-,24-,25?,26?,27-,28+,30?,31+,32-/m1/s1. The number of rotatable bonds is 6. The van der Waals surface area contributed by atoms with Crippen molar-refractivity contribution in [3.63, 3.8) is 0 Å². The van der Waals surface area contributed by atoms with Crippen molar-refractivity contribution in [2.24, 2.45) is 46.3 Å². The van der Waals surface area contributed by atoms with Crippen molar-refractivity contribution in [1.29, 1.82) is 0 Å². The molecule has 10 nitrogen and oxygen atoms in total. The van der Waals surface area contributed by atoms with E-state index in [4.69, 9.17) is 29.0 Å². The Morgan fingerprint density at radius 2 is 1.50 bits per heavy atom. The van der Waals surface area contributed by atoms with E-state index < -0.39 is 17.5 Å². The topological polar surface area (TPSA) is 127 Å². The molecule has 0 aromatic rings. The van der Waals surface area contributed by atoms with Gasteiger partial charge in [0.05, 0.1) is 0 Å². The summed E-state index contributed by atoms with van der Waals surface area (Å²) in [5.41, 5.74) is -0.459. The molecule has 0 amide bonds. The fourth-order valence-electron chi connectivity index (χ4n) is 11.0. The van der Waals surface area contributed by atoms with Crippen LogP contribution in [-0.2, 0) is 43.4 Å². The second-order valence-corrected chi connectivity index (χ2v) is 15.6. The van der Waals surface area contributed by atoms with Crippen LogP contribution >= 0.6 is 0 Å². The summed E-state index contributed by atoms with van der Waals surface area (Å²) >= 11 is 0. The van der Waals surface area contributed by atoms with Gasteiger partial charge < -0.3 is 14.6 Å². The zero-order valence-corrected chi connectivity index (χ0v) is 27.1. The largest absolute Gasteiger partial charge is 0.481 e. The number of esters is 2. The van der Waals surface area contributed by atoms with Crippen LogP contribution in [0.15, 0.2) is 0 Å². The minimum absolute atomic E-state index is 0.114. The predicted octanol–water partition coefficient (Wildman–Crippen LogP) is 6.50. The van der Waals surface area contributed by atoms with Crippen LogP contribution in [-0.4, -0.2) is 46.8 Å². The van der Waals surface area contributed by atoms with Crippen molar-refractivity contribution in [3.05, 3.63) is 0 Å². The van der Waals surface area contributed by atoms with Gasteiger partial charge >= 0.3 is 17.9 Å². The van der Waals surface area contributed by atoms with Crippen LogP contribution in [0.1, 0.15) is 125 Å². The summed E-state index contributed by atoms with van der Waals surface area (Å²) in [4.78, 5) is 60.8. The molecule has 0 aromatic carbocycles. The maximum atomic E-state index is 12.6. The molecule has 5 saturated carbocycles. The number of fused-ring (bicyclic) bond motifs is 5. The highest BCUT2D eigenvalue weighted by molar-refractivity contribution is 5.67. The molecule has 6 rings (SSSR count). The van der Waals surface area contributed by atoms with Gasteiger partial charge in [0.25, 0.3) is 0 Å². The van der Waals surface area contributed by atoms with E-state index >= 15 is 0 Å². The molecule has 6 aliphatic rings. The molecule has 2 spiro atoms. The summed E-state index contributed by atoms with van der Waals surface area (Å²) in [5, 5.41) is 9.39. The fourth-order valence-corrected chi connectivity index (χ4v) is 11.0. The second-order valence-electron chi connectivity index (χ2n) is 15.6.